The largest absolute Gasteiger partial charge is 0.573 e. The van der Waals surface area contributed by atoms with Gasteiger partial charge in [-0.15, -0.1) is 13.2 Å². The Kier molecular flexibility index (Phi) is 7.42. The number of carbonyl (C=O) groups is 1. The van der Waals surface area contributed by atoms with Gasteiger partial charge in [0.25, 0.3) is 0 Å². The van der Waals surface area contributed by atoms with E-state index in [0.29, 0.717) is 24.9 Å². The predicted octanol–water partition coefficient (Wildman–Crippen LogP) is 3.95. The zero-order valence-electron chi connectivity index (χ0n) is 18.6. The summed E-state index contributed by atoms with van der Waals surface area (Å²) in [5, 5.41) is 13.9. The molecule has 0 saturated carbocycles. The lowest BCUT2D eigenvalue weighted by Crippen LogP contribution is -2.47. The molecular weight excluding hydrogens is 452 g/mol. The summed E-state index contributed by atoms with van der Waals surface area (Å²) in [5.74, 6) is -0.449. The van der Waals surface area contributed by atoms with Crippen LogP contribution in [0.1, 0.15) is 35.6 Å². The molecule has 1 aliphatic heterocycles. The van der Waals surface area contributed by atoms with Gasteiger partial charge in [-0.2, -0.15) is 0 Å². The van der Waals surface area contributed by atoms with Crippen molar-refractivity contribution in [3.8, 4) is 5.75 Å². The summed E-state index contributed by atoms with van der Waals surface area (Å²) >= 11 is 0. The van der Waals surface area contributed by atoms with Crippen LogP contribution in [0.2, 0.25) is 0 Å². The number of amides is 1. The minimum Gasteiger partial charge on any atom is -0.406 e. The van der Waals surface area contributed by atoms with Crippen LogP contribution in [0.5, 0.6) is 5.75 Å². The topological polar surface area (TPSA) is 61.8 Å². The Balaban J connectivity index is 1.41. The monoisotopic (exact) mass is 480 g/mol. The van der Waals surface area contributed by atoms with E-state index in [1.165, 1.54) is 23.3 Å². The number of benzene rings is 2. The van der Waals surface area contributed by atoms with E-state index in [4.69, 9.17) is 0 Å². The number of rotatable bonds is 8. The number of nitrogens with zero attached hydrogens (tertiary/aromatic N) is 1. The van der Waals surface area contributed by atoms with Gasteiger partial charge >= 0.3 is 6.36 Å². The highest BCUT2D eigenvalue weighted by molar-refractivity contribution is 5.77. The van der Waals surface area contributed by atoms with Crippen LogP contribution in [0.3, 0.4) is 0 Å². The van der Waals surface area contributed by atoms with E-state index in [-0.39, 0.29) is 24.9 Å². The highest BCUT2D eigenvalue weighted by Crippen LogP contribution is 2.29. The molecule has 9 heteroatoms. The van der Waals surface area contributed by atoms with E-state index in [1.807, 2.05) is 17.0 Å². The van der Waals surface area contributed by atoms with E-state index in [0.717, 1.165) is 25.0 Å². The average molecular weight is 481 g/mol. The van der Waals surface area contributed by atoms with Crippen LogP contribution in [0.4, 0.5) is 17.6 Å². The Hall–Kier alpha value is -2.65. The second-order valence-corrected chi connectivity index (χ2v) is 9.13. The summed E-state index contributed by atoms with van der Waals surface area (Å²) in [6.45, 7) is 0.963. The molecule has 1 heterocycles. The SMILES string of the molecule is O=C(CC1Cc2ccccc2C1)N[C@H](CN1CC[C@@H](F)C1)[C@H](O)c1ccc(OC(F)(F)F)cc1. The van der Waals surface area contributed by atoms with Gasteiger partial charge in [-0.3, -0.25) is 9.69 Å². The van der Waals surface area contributed by atoms with Gasteiger partial charge in [-0.05, 0) is 54.0 Å². The molecular formula is C25H28F4N2O3. The average Bonchev–Trinajstić information content (AvgIpc) is 3.37. The molecule has 2 aromatic rings. The third-order valence-electron chi connectivity index (χ3n) is 6.46. The van der Waals surface area contributed by atoms with Crippen LogP contribution in [0.15, 0.2) is 48.5 Å². The minimum atomic E-state index is -4.81. The van der Waals surface area contributed by atoms with Crippen LogP contribution in [0, 0.1) is 5.92 Å². The summed E-state index contributed by atoms with van der Waals surface area (Å²) in [5.41, 5.74) is 2.82. The Morgan fingerprint density at radius 1 is 1.12 bits per heavy atom. The van der Waals surface area contributed by atoms with Crippen molar-refractivity contribution in [2.24, 2.45) is 5.92 Å². The summed E-state index contributed by atoms with van der Waals surface area (Å²) in [6, 6.07) is 12.2. The van der Waals surface area contributed by atoms with Crippen molar-refractivity contribution < 1.29 is 32.2 Å². The number of carbonyl (C=O) groups excluding carboxylic acids is 1. The number of fused-ring (bicyclic) bond motifs is 1. The van der Waals surface area contributed by atoms with Gasteiger partial charge < -0.3 is 15.2 Å². The zero-order valence-corrected chi connectivity index (χ0v) is 18.6. The second kappa shape index (κ2) is 10.3. The highest BCUT2D eigenvalue weighted by Gasteiger charge is 2.33. The normalized spacial score (nSPS) is 20.7. The summed E-state index contributed by atoms with van der Waals surface area (Å²) in [4.78, 5) is 14.7. The van der Waals surface area contributed by atoms with E-state index in [9.17, 15) is 27.5 Å². The van der Waals surface area contributed by atoms with E-state index in [1.54, 1.807) is 0 Å². The maximum atomic E-state index is 13.7. The molecule has 1 saturated heterocycles. The molecule has 0 unspecified atom stereocenters. The molecule has 4 rings (SSSR count). The third-order valence-corrected chi connectivity index (χ3v) is 6.46. The number of likely N-dealkylation sites (tertiary alicyclic amines) is 1. The van der Waals surface area contributed by atoms with Crippen molar-refractivity contribution in [1.29, 1.82) is 0 Å². The van der Waals surface area contributed by atoms with Crippen molar-refractivity contribution in [3.63, 3.8) is 0 Å². The smallest absolute Gasteiger partial charge is 0.406 e. The summed E-state index contributed by atoms with van der Waals surface area (Å²) < 4.78 is 54.9. The van der Waals surface area contributed by atoms with Crippen molar-refractivity contribution >= 4 is 5.91 Å². The van der Waals surface area contributed by atoms with Gasteiger partial charge in [0.15, 0.2) is 0 Å². The van der Waals surface area contributed by atoms with Crippen molar-refractivity contribution in [2.45, 2.75) is 50.4 Å². The number of aliphatic hydroxyl groups is 1. The van der Waals surface area contributed by atoms with Crippen LogP contribution in [0.25, 0.3) is 0 Å². The van der Waals surface area contributed by atoms with Gasteiger partial charge in [0.05, 0.1) is 6.04 Å². The number of hydrogen-bond acceptors (Lipinski definition) is 4. The minimum absolute atomic E-state index is 0.163. The fourth-order valence-corrected chi connectivity index (χ4v) is 4.87. The maximum absolute atomic E-state index is 13.7. The Morgan fingerprint density at radius 2 is 1.76 bits per heavy atom. The highest BCUT2D eigenvalue weighted by atomic mass is 19.4. The fourth-order valence-electron chi connectivity index (χ4n) is 4.87. The maximum Gasteiger partial charge on any atom is 0.573 e. The first-order valence-corrected chi connectivity index (χ1v) is 11.4. The molecule has 0 aromatic heterocycles. The van der Waals surface area contributed by atoms with Gasteiger partial charge in [0, 0.05) is 26.1 Å². The summed E-state index contributed by atoms with van der Waals surface area (Å²) in [7, 11) is 0. The van der Waals surface area contributed by atoms with E-state index in [2.05, 4.69) is 22.2 Å². The predicted molar refractivity (Wildman–Crippen MR) is 118 cm³/mol. The number of ether oxygens (including phenoxy) is 1. The Morgan fingerprint density at radius 3 is 2.32 bits per heavy atom. The van der Waals surface area contributed by atoms with Gasteiger partial charge in [0.2, 0.25) is 5.91 Å². The first-order valence-electron chi connectivity index (χ1n) is 11.4. The lowest BCUT2D eigenvalue weighted by molar-refractivity contribution is -0.274. The van der Waals surface area contributed by atoms with Crippen molar-refractivity contribution in [1.82, 2.24) is 10.2 Å². The second-order valence-electron chi connectivity index (χ2n) is 9.13. The standard InChI is InChI=1S/C25H28F4N2O3/c26-20-9-10-31(14-20)15-22(24(33)17-5-7-21(8-6-17)34-25(27,28)29)30-23(32)13-16-11-18-3-1-2-4-19(18)12-16/h1-8,16,20,22,24,33H,9-15H2,(H,30,32)/t20-,22-,24-/m1/s1. The first kappa shape index (κ1) is 24.5. The molecule has 0 radical (unpaired) electrons. The number of halogens is 4. The van der Waals surface area contributed by atoms with Crippen molar-refractivity contribution in [2.75, 3.05) is 19.6 Å². The molecule has 184 valence electrons. The zero-order chi connectivity index (χ0) is 24.3. The fraction of sp³-hybridized carbons (Fsp3) is 0.480. The van der Waals surface area contributed by atoms with Gasteiger partial charge in [0.1, 0.15) is 18.0 Å². The van der Waals surface area contributed by atoms with Crippen LogP contribution >= 0.6 is 0 Å². The lowest BCUT2D eigenvalue weighted by atomic mass is 9.99. The van der Waals surface area contributed by atoms with Crippen LogP contribution in [-0.2, 0) is 17.6 Å². The number of hydrogen-bond donors (Lipinski definition) is 2. The lowest BCUT2D eigenvalue weighted by Gasteiger charge is -2.29. The molecule has 1 amide bonds. The number of aliphatic hydroxyl groups excluding tert-OH is 1. The molecule has 2 aliphatic rings. The number of alkyl halides is 4. The molecule has 5 nitrogen and oxygen atoms in total. The quantitative estimate of drug-likeness (QED) is 0.562. The van der Waals surface area contributed by atoms with Crippen LogP contribution < -0.4 is 10.1 Å². The van der Waals surface area contributed by atoms with Gasteiger partial charge in [-0.25, -0.2) is 4.39 Å². The molecule has 0 bridgehead atoms. The molecule has 0 spiro atoms. The molecule has 2 aromatic carbocycles. The first-order chi connectivity index (χ1) is 16.2. The molecule has 3 atom stereocenters. The molecule has 2 N–H and O–H groups in total. The Bertz CT molecular complexity index is 958. The molecule has 1 fully saturated rings. The van der Waals surface area contributed by atoms with E-state index < -0.39 is 30.4 Å². The molecule has 34 heavy (non-hydrogen) atoms. The molecule has 1 aliphatic carbocycles. The van der Waals surface area contributed by atoms with E-state index >= 15 is 0 Å². The third kappa shape index (κ3) is 6.48. The van der Waals surface area contributed by atoms with Crippen LogP contribution in [-0.4, -0.2) is 54.1 Å². The number of nitrogens with one attached hydrogen (secondary N) is 1. The van der Waals surface area contributed by atoms with Crippen molar-refractivity contribution in [3.05, 3.63) is 65.2 Å². The summed E-state index contributed by atoms with van der Waals surface area (Å²) in [6.07, 6.45) is -4.63. The van der Waals surface area contributed by atoms with Gasteiger partial charge in [-0.1, -0.05) is 36.4 Å². The Labute approximate surface area is 195 Å².